The van der Waals surface area contributed by atoms with Crippen LogP contribution < -0.4 is 0 Å². The molecule has 0 N–H and O–H groups in total. The third-order valence-electron chi connectivity index (χ3n) is 12.4. The fourth-order valence-electron chi connectivity index (χ4n) is 10.1. The zero-order valence-corrected chi connectivity index (χ0v) is 34.2. The van der Waals surface area contributed by atoms with E-state index in [1.54, 1.807) is 0 Å². The van der Waals surface area contributed by atoms with Crippen molar-refractivity contribution in [2.75, 3.05) is 0 Å². The van der Waals surface area contributed by atoms with Crippen LogP contribution in [0, 0.1) is 41.5 Å². The van der Waals surface area contributed by atoms with E-state index >= 15 is 0 Å². The number of furan rings is 1. The largest absolute Gasteiger partial charge is 0.455 e. The van der Waals surface area contributed by atoms with E-state index in [4.69, 9.17) is 14.4 Å². The molecule has 0 saturated carbocycles. The first-order valence-corrected chi connectivity index (χ1v) is 20.5. The number of para-hydroxylation sites is 1. The number of aryl methyl sites for hydroxylation is 6. The van der Waals surface area contributed by atoms with E-state index in [1.165, 1.54) is 77.2 Å². The zero-order valence-electron chi connectivity index (χ0n) is 34.2. The second-order valence-corrected chi connectivity index (χ2v) is 16.5. The van der Waals surface area contributed by atoms with E-state index < -0.39 is 0 Å². The fourth-order valence-corrected chi connectivity index (χ4v) is 10.1. The number of benzene rings is 9. The van der Waals surface area contributed by atoms with Gasteiger partial charge in [0.1, 0.15) is 11.2 Å². The summed E-state index contributed by atoms with van der Waals surface area (Å²) < 4.78 is 6.64. The molecule has 11 rings (SSSR count). The van der Waals surface area contributed by atoms with Crippen LogP contribution in [0.25, 0.3) is 110 Å². The Balaban J connectivity index is 1.15. The maximum atomic E-state index is 6.64. The quantitative estimate of drug-likeness (QED) is 0.168. The van der Waals surface area contributed by atoms with Gasteiger partial charge in [0.15, 0.2) is 0 Å². The molecule has 2 aromatic heterocycles. The average molecular weight is 759 g/mol. The molecule has 0 unspecified atom stereocenters. The zero-order chi connectivity index (χ0) is 40.1. The first kappa shape index (κ1) is 35.1. The van der Waals surface area contributed by atoms with Crippen LogP contribution in [0.5, 0.6) is 0 Å². The lowest BCUT2D eigenvalue weighted by atomic mass is 9.89. The maximum Gasteiger partial charge on any atom is 0.143 e. The third-order valence-corrected chi connectivity index (χ3v) is 12.4. The van der Waals surface area contributed by atoms with E-state index in [0.29, 0.717) is 0 Å². The summed E-state index contributed by atoms with van der Waals surface area (Å²) in [6.45, 7) is 13.2. The van der Waals surface area contributed by atoms with Crippen LogP contribution in [0.1, 0.15) is 33.4 Å². The minimum atomic E-state index is 0.830. The second-order valence-electron chi connectivity index (χ2n) is 16.5. The van der Waals surface area contributed by atoms with E-state index in [-0.39, 0.29) is 0 Å². The van der Waals surface area contributed by atoms with E-state index in [0.717, 1.165) is 66.1 Å². The summed E-state index contributed by atoms with van der Waals surface area (Å²) in [6.07, 6.45) is 1.96. The highest BCUT2D eigenvalue weighted by Gasteiger charge is 2.19. The Morgan fingerprint density at radius 3 is 1.66 bits per heavy atom. The van der Waals surface area contributed by atoms with Crippen molar-refractivity contribution in [3.8, 4) is 44.6 Å². The van der Waals surface area contributed by atoms with Gasteiger partial charge < -0.3 is 4.42 Å². The lowest BCUT2D eigenvalue weighted by Crippen LogP contribution is -1.95. The number of nitrogens with zero attached hydrogens (tertiary/aromatic N) is 2. The Bertz CT molecular complexity index is 3520. The van der Waals surface area contributed by atoms with Crippen molar-refractivity contribution in [3.63, 3.8) is 0 Å². The first-order valence-electron chi connectivity index (χ1n) is 20.5. The van der Waals surface area contributed by atoms with Crippen molar-refractivity contribution in [1.29, 1.82) is 0 Å². The molecule has 3 heteroatoms. The van der Waals surface area contributed by atoms with Gasteiger partial charge in [0, 0.05) is 32.7 Å². The highest BCUT2D eigenvalue weighted by atomic mass is 16.3. The molecule has 0 amide bonds. The molecule has 0 aliphatic carbocycles. The van der Waals surface area contributed by atoms with Crippen molar-refractivity contribution < 1.29 is 4.42 Å². The molecule has 0 radical (unpaired) electrons. The van der Waals surface area contributed by atoms with E-state index in [9.17, 15) is 0 Å². The number of hydrogen-bond donors (Lipinski definition) is 0. The van der Waals surface area contributed by atoms with Gasteiger partial charge in [-0.05, 0) is 143 Å². The second kappa shape index (κ2) is 13.2. The predicted molar refractivity (Wildman–Crippen MR) is 249 cm³/mol. The smallest absolute Gasteiger partial charge is 0.143 e. The summed E-state index contributed by atoms with van der Waals surface area (Å²) in [6, 6.07) is 50.8. The molecule has 282 valence electrons. The predicted octanol–water partition coefficient (Wildman–Crippen LogP) is 15.5. The molecular weight excluding hydrogens is 717 g/mol. The molecule has 0 atom stereocenters. The fraction of sp³-hybridized carbons (Fsp3) is 0.107. The lowest BCUT2D eigenvalue weighted by molar-refractivity contribution is 0.670. The van der Waals surface area contributed by atoms with Crippen molar-refractivity contribution in [3.05, 3.63) is 179 Å². The summed E-state index contributed by atoms with van der Waals surface area (Å²) in [4.78, 5) is 10.9. The molecule has 0 saturated heterocycles. The number of aromatic nitrogens is 2. The van der Waals surface area contributed by atoms with Crippen LogP contribution in [0.15, 0.2) is 150 Å². The summed E-state index contributed by atoms with van der Waals surface area (Å²) in [5, 5.41) is 9.21. The molecule has 0 aliphatic rings. The van der Waals surface area contributed by atoms with Gasteiger partial charge in [0.05, 0.1) is 22.9 Å². The van der Waals surface area contributed by atoms with Gasteiger partial charge in [-0.3, -0.25) is 4.98 Å². The highest BCUT2D eigenvalue weighted by Crippen LogP contribution is 2.43. The molecule has 59 heavy (non-hydrogen) atoms. The number of rotatable bonds is 4. The minimum Gasteiger partial charge on any atom is -0.455 e. The molecule has 2 heterocycles. The van der Waals surface area contributed by atoms with Crippen molar-refractivity contribution in [2.45, 2.75) is 41.5 Å². The molecule has 0 aliphatic heterocycles. The van der Waals surface area contributed by atoms with Gasteiger partial charge in [0.25, 0.3) is 0 Å². The monoisotopic (exact) mass is 758 g/mol. The Morgan fingerprint density at radius 1 is 0.424 bits per heavy atom. The summed E-state index contributed by atoms with van der Waals surface area (Å²) >= 11 is 0. The number of hydrogen-bond acceptors (Lipinski definition) is 3. The van der Waals surface area contributed by atoms with E-state index in [1.807, 2.05) is 12.3 Å². The van der Waals surface area contributed by atoms with Crippen LogP contribution in [-0.2, 0) is 0 Å². The normalized spacial score (nSPS) is 11.9. The minimum absolute atomic E-state index is 0.830. The van der Waals surface area contributed by atoms with Crippen molar-refractivity contribution in [2.24, 2.45) is 0 Å². The Kier molecular flexibility index (Phi) is 7.87. The highest BCUT2D eigenvalue weighted by molar-refractivity contribution is 6.25. The molecule has 9 aromatic carbocycles. The van der Waals surface area contributed by atoms with Gasteiger partial charge in [-0.2, -0.15) is 0 Å². The van der Waals surface area contributed by atoms with Gasteiger partial charge in [0.2, 0.25) is 0 Å². The van der Waals surface area contributed by atoms with Crippen LogP contribution in [0.3, 0.4) is 0 Å². The van der Waals surface area contributed by atoms with Crippen molar-refractivity contribution in [1.82, 2.24) is 9.97 Å². The Morgan fingerprint density at radius 2 is 1.00 bits per heavy atom. The molecule has 0 bridgehead atoms. The lowest BCUT2D eigenvalue weighted by Gasteiger charge is -2.17. The Labute approximate surface area is 343 Å². The van der Waals surface area contributed by atoms with Crippen LogP contribution in [0.2, 0.25) is 0 Å². The summed E-state index contributed by atoms with van der Waals surface area (Å²) in [5.74, 6) is 0. The van der Waals surface area contributed by atoms with Crippen LogP contribution >= 0.6 is 0 Å². The third kappa shape index (κ3) is 5.56. The standard InChI is InChI=1S/C56H42N2O/c1-31-22-33(3)51(34(4)23-31)40-18-20-43-44-21-19-41(52-35(5)24-32(2)25-36(52)6)29-48(44)55-54(47(43)28-40)57-30-49(58-55)39-14-11-13-37(26-39)46-27-38-12-7-8-15-42(38)53-45-16-9-10-17-50(45)59-56(46)53/h7-30H,1-6H3. The molecule has 3 nitrogen and oxygen atoms in total. The molecule has 11 aromatic rings. The SMILES string of the molecule is Cc1cc(C)c(-c2ccc3c4ccc(-c5c(C)cc(C)cc5C)cc4c4nc(-c5cccc(-c6cc7ccccc7c7c6oc6ccccc67)c5)cnc4c3c2)c(C)c1. The average Bonchev–Trinajstić information content (AvgIpc) is 3.63. The van der Waals surface area contributed by atoms with Crippen molar-refractivity contribution >= 4 is 65.3 Å². The molecule has 0 fully saturated rings. The van der Waals surface area contributed by atoms with Crippen LogP contribution in [0.4, 0.5) is 0 Å². The summed E-state index contributed by atoms with van der Waals surface area (Å²) in [7, 11) is 0. The van der Waals surface area contributed by atoms with Gasteiger partial charge >= 0.3 is 0 Å². The number of fused-ring (bicyclic) bond motifs is 11. The maximum absolute atomic E-state index is 6.64. The Hall–Kier alpha value is -7.10. The summed E-state index contributed by atoms with van der Waals surface area (Å²) in [5.41, 5.74) is 20.2. The van der Waals surface area contributed by atoms with Crippen LogP contribution in [-0.4, -0.2) is 9.97 Å². The molecular formula is C56H42N2O. The van der Waals surface area contributed by atoms with Gasteiger partial charge in [-0.1, -0.05) is 120 Å². The topological polar surface area (TPSA) is 38.9 Å². The van der Waals surface area contributed by atoms with Gasteiger partial charge in [-0.15, -0.1) is 0 Å². The van der Waals surface area contributed by atoms with E-state index in [2.05, 4.69) is 175 Å². The first-order chi connectivity index (χ1) is 28.7. The molecule has 0 spiro atoms. The van der Waals surface area contributed by atoms with Gasteiger partial charge in [-0.25, -0.2) is 4.98 Å².